The van der Waals surface area contributed by atoms with Gasteiger partial charge in [0, 0.05) is 31.6 Å². The van der Waals surface area contributed by atoms with Crippen LogP contribution < -0.4 is 0 Å². The third kappa shape index (κ3) is 6.47. The highest BCUT2D eigenvalue weighted by Gasteiger charge is 2.67. The molecule has 0 aromatic carbocycles. The first-order chi connectivity index (χ1) is 19.8. The van der Waals surface area contributed by atoms with E-state index in [1.54, 1.807) is 0 Å². The highest BCUT2D eigenvalue weighted by molar-refractivity contribution is 7.86. The fourth-order valence-corrected chi connectivity index (χ4v) is 10.1. The highest BCUT2D eigenvalue weighted by Crippen LogP contribution is 2.69. The Bertz CT molecular complexity index is 1190. The van der Waals surface area contributed by atoms with Crippen LogP contribution in [0.1, 0.15) is 99.3 Å². The third-order valence-electron chi connectivity index (χ3n) is 12.0. The molecule has 0 amide bonds. The summed E-state index contributed by atoms with van der Waals surface area (Å²) in [5.74, 6) is -0.198. The van der Waals surface area contributed by atoms with Crippen LogP contribution in [0.2, 0.25) is 0 Å². The van der Waals surface area contributed by atoms with E-state index in [-0.39, 0.29) is 65.6 Å². The van der Waals surface area contributed by atoms with E-state index in [1.165, 1.54) is 13.8 Å². The van der Waals surface area contributed by atoms with E-state index in [0.29, 0.717) is 24.7 Å². The van der Waals surface area contributed by atoms with E-state index in [2.05, 4.69) is 25.5 Å². The highest BCUT2D eigenvalue weighted by atomic mass is 32.2. The molecule has 0 aromatic heterocycles. The van der Waals surface area contributed by atoms with Crippen molar-refractivity contribution in [2.24, 2.45) is 52.3 Å². The number of rotatable bonds is 9. The molecular weight excluding hydrogens is 586 g/mol. The van der Waals surface area contributed by atoms with Gasteiger partial charge in [0.15, 0.2) is 6.61 Å². The van der Waals surface area contributed by atoms with Gasteiger partial charge in [0.2, 0.25) is 0 Å². The minimum Gasteiger partial charge on any atom is -0.462 e. The Morgan fingerprint density at radius 1 is 1.00 bits per heavy atom. The number of ether oxygens (including phenoxy) is 3. The van der Waals surface area contributed by atoms with Crippen molar-refractivity contribution in [3.63, 3.8) is 0 Å². The van der Waals surface area contributed by atoms with Crippen LogP contribution in [0, 0.1) is 52.3 Å². The Kier molecular flexibility index (Phi) is 9.64. The standard InChI is InChI=1S/C31H48F2O9S/c1-17-11-12-29(5)21(13-17)14-25(41-19(3)34)28-23-9-8-22(30(23,6)26(15-24(28)29)42-20(4)35)18(2)7-10-27(36)40-16-31(32,33)43(37,38)39/h17-18,21-26,28H,7-16H2,1-6H3,(H,37,38,39)/t17-,18-,21?,22-,23+,24+,25-,26+,28+,29+,30-/m1/s1. The van der Waals surface area contributed by atoms with Crippen molar-refractivity contribution in [3.05, 3.63) is 0 Å². The average molecular weight is 635 g/mol. The van der Waals surface area contributed by atoms with Gasteiger partial charge in [-0.05, 0) is 85.9 Å². The molecule has 0 aliphatic heterocycles. The monoisotopic (exact) mass is 634 g/mol. The van der Waals surface area contributed by atoms with Crippen molar-refractivity contribution in [2.45, 2.75) is 117 Å². The Labute approximate surface area is 253 Å². The molecular formula is C31H48F2O9S. The minimum atomic E-state index is -5.70. The lowest BCUT2D eigenvalue weighted by molar-refractivity contribution is -0.221. The maximum Gasteiger partial charge on any atom is 0.402 e. The maximum absolute atomic E-state index is 13.5. The van der Waals surface area contributed by atoms with Crippen LogP contribution in [0.25, 0.3) is 0 Å². The fourth-order valence-electron chi connectivity index (χ4n) is 9.89. The molecule has 4 saturated carbocycles. The second-order valence-electron chi connectivity index (χ2n) is 14.4. The number of hydrogen-bond acceptors (Lipinski definition) is 8. The third-order valence-corrected chi connectivity index (χ3v) is 12.8. The van der Waals surface area contributed by atoms with Crippen LogP contribution >= 0.6 is 0 Å². The van der Waals surface area contributed by atoms with E-state index in [1.807, 2.05) is 6.92 Å². The first-order valence-corrected chi connectivity index (χ1v) is 17.1. The average Bonchev–Trinajstić information content (AvgIpc) is 3.24. The second-order valence-corrected chi connectivity index (χ2v) is 16.0. The Balaban J connectivity index is 1.58. The normalized spacial score (nSPS) is 39.9. The zero-order chi connectivity index (χ0) is 32.1. The zero-order valence-corrected chi connectivity index (χ0v) is 27.0. The number of fused-ring (bicyclic) bond motifs is 5. The SMILES string of the molecule is CC(=O)O[C@H]1C[C@H]2[C@@H]([C@H](OC(C)=O)CC3C[C@H](C)CC[C@@]32C)[C@@H]2CC[C@H]([C@H](C)CCC(=O)OCC(F)(F)S(=O)(=O)O)[C@@]12C. The lowest BCUT2D eigenvalue weighted by Crippen LogP contribution is -2.63. The quantitative estimate of drug-likeness (QED) is 0.190. The summed E-state index contributed by atoms with van der Waals surface area (Å²) >= 11 is 0. The molecule has 4 fully saturated rings. The maximum atomic E-state index is 13.5. The number of hydrogen-bond donors (Lipinski definition) is 1. The van der Waals surface area contributed by atoms with Crippen LogP contribution in [0.4, 0.5) is 8.78 Å². The molecule has 11 atom stereocenters. The van der Waals surface area contributed by atoms with E-state index in [4.69, 9.17) is 14.0 Å². The first kappa shape index (κ1) is 34.1. The summed E-state index contributed by atoms with van der Waals surface area (Å²) in [6.07, 6.45) is 5.98. The number of halogens is 2. The largest absolute Gasteiger partial charge is 0.462 e. The number of alkyl halides is 2. The molecule has 12 heteroatoms. The molecule has 4 aliphatic rings. The van der Waals surface area contributed by atoms with Crippen molar-refractivity contribution < 1.29 is 50.3 Å². The van der Waals surface area contributed by atoms with Crippen LogP contribution in [0.3, 0.4) is 0 Å². The van der Waals surface area contributed by atoms with Gasteiger partial charge >= 0.3 is 33.3 Å². The Hall–Kier alpha value is -1.82. The Morgan fingerprint density at radius 3 is 2.26 bits per heavy atom. The fraction of sp³-hybridized carbons (Fsp3) is 0.903. The summed E-state index contributed by atoms with van der Waals surface area (Å²) in [5, 5.41) is -4.58. The van der Waals surface area contributed by atoms with Gasteiger partial charge in [0.05, 0.1) is 0 Å². The molecule has 0 aromatic rings. The number of carbonyl (C=O) groups is 3. The topological polar surface area (TPSA) is 133 Å². The molecule has 0 bridgehead atoms. The van der Waals surface area contributed by atoms with Crippen LogP contribution in [0.15, 0.2) is 0 Å². The van der Waals surface area contributed by atoms with E-state index < -0.39 is 33.4 Å². The predicted molar refractivity (Wildman–Crippen MR) is 152 cm³/mol. The molecule has 246 valence electrons. The summed E-state index contributed by atoms with van der Waals surface area (Å²) < 4.78 is 74.1. The van der Waals surface area contributed by atoms with Gasteiger partial charge in [-0.15, -0.1) is 0 Å². The summed E-state index contributed by atoms with van der Waals surface area (Å²) in [5.41, 5.74) is -0.414. The Morgan fingerprint density at radius 2 is 1.65 bits per heavy atom. The zero-order valence-electron chi connectivity index (χ0n) is 26.1. The van der Waals surface area contributed by atoms with Crippen LogP contribution in [-0.2, 0) is 38.7 Å². The molecule has 43 heavy (non-hydrogen) atoms. The lowest BCUT2D eigenvalue weighted by Gasteiger charge is -2.64. The number of carbonyl (C=O) groups excluding carboxylic acids is 3. The van der Waals surface area contributed by atoms with Crippen LogP contribution in [0.5, 0.6) is 0 Å². The first-order valence-electron chi connectivity index (χ1n) is 15.7. The van der Waals surface area contributed by atoms with Crippen molar-refractivity contribution in [1.29, 1.82) is 0 Å². The number of esters is 3. The molecule has 0 heterocycles. The van der Waals surface area contributed by atoms with Gasteiger partial charge in [-0.3, -0.25) is 18.9 Å². The molecule has 1 unspecified atom stereocenters. The van der Waals surface area contributed by atoms with Gasteiger partial charge in [-0.25, -0.2) is 0 Å². The van der Waals surface area contributed by atoms with Gasteiger partial charge in [0.25, 0.3) is 0 Å². The van der Waals surface area contributed by atoms with Crippen molar-refractivity contribution in [3.8, 4) is 0 Å². The molecule has 0 spiro atoms. The van der Waals surface area contributed by atoms with Gasteiger partial charge in [-0.1, -0.05) is 34.1 Å². The minimum absolute atomic E-state index is 0.0322. The van der Waals surface area contributed by atoms with Crippen molar-refractivity contribution >= 4 is 28.0 Å². The smallest absolute Gasteiger partial charge is 0.402 e. The molecule has 0 saturated heterocycles. The molecule has 1 N–H and O–H groups in total. The summed E-state index contributed by atoms with van der Waals surface area (Å²) in [4.78, 5) is 37.1. The van der Waals surface area contributed by atoms with Crippen LogP contribution in [-0.4, -0.2) is 54.9 Å². The summed E-state index contributed by atoms with van der Waals surface area (Å²) in [6.45, 7) is 9.93. The van der Waals surface area contributed by atoms with Crippen molar-refractivity contribution in [1.82, 2.24) is 0 Å². The van der Waals surface area contributed by atoms with E-state index >= 15 is 0 Å². The molecule has 0 radical (unpaired) electrons. The van der Waals surface area contributed by atoms with Gasteiger partial charge in [0.1, 0.15) is 12.2 Å². The van der Waals surface area contributed by atoms with E-state index in [0.717, 1.165) is 38.5 Å². The van der Waals surface area contributed by atoms with Crippen molar-refractivity contribution in [2.75, 3.05) is 6.61 Å². The second kappa shape index (κ2) is 12.2. The molecule has 4 rings (SSSR count). The predicted octanol–water partition coefficient (Wildman–Crippen LogP) is 5.80. The molecule has 4 aliphatic carbocycles. The molecule has 9 nitrogen and oxygen atoms in total. The summed E-state index contributed by atoms with van der Waals surface area (Å²) in [6, 6.07) is 0. The van der Waals surface area contributed by atoms with Gasteiger partial charge < -0.3 is 14.2 Å². The lowest BCUT2D eigenvalue weighted by atomic mass is 9.42. The summed E-state index contributed by atoms with van der Waals surface area (Å²) in [7, 11) is -5.70. The van der Waals surface area contributed by atoms with E-state index in [9.17, 15) is 31.6 Å². The van der Waals surface area contributed by atoms with Gasteiger partial charge in [-0.2, -0.15) is 17.2 Å².